The Balaban J connectivity index is 1.78. The molecule has 1 aliphatic carbocycles. The largest absolute Gasteiger partial charge is 0.294 e. The van der Waals surface area contributed by atoms with Gasteiger partial charge in [0.1, 0.15) is 11.6 Å². The summed E-state index contributed by atoms with van der Waals surface area (Å²) in [5.41, 5.74) is 0.106. The van der Waals surface area contributed by atoms with Crippen LogP contribution in [0.15, 0.2) is 42.5 Å². The van der Waals surface area contributed by atoms with E-state index in [1.165, 1.54) is 24.5 Å². The quantitative estimate of drug-likeness (QED) is 0.666. The van der Waals surface area contributed by atoms with Gasteiger partial charge in [0.05, 0.1) is 5.56 Å². The van der Waals surface area contributed by atoms with E-state index in [4.69, 9.17) is 0 Å². The highest BCUT2D eigenvalue weighted by molar-refractivity contribution is 6.05. The molecule has 0 N–H and O–H groups in total. The highest BCUT2D eigenvalue weighted by Crippen LogP contribution is 2.40. The highest BCUT2D eigenvalue weighted by Gasteiger charge is 2.33. The van der Waals surface area contributed by atoms with Crippen molar-refractivity contribution in [1.82, 2.24) is 0 Å². The maximum absolute atomic E-state index is 13.8. The van der Waals surface area contributed by atoms with Crippen molar-refractivity contribution in [1.29, 1.82) is 0 Å². The fraction of sp³-hybridized carbons (Fsp3) is 0.333. The summed E-state index contributed by atoms with van der Waals surface area (Å²) < 4.78 is 27.6. The van der Waals surface area contributed by atoms with Gasteiger partial charge in [0.25, 0.3) is 0 Å². The molecule has 0 heterocycles. The summed E-state index contributed by atoms with van der Waals surface area (Å²) in [4.78, 5) is 25.1. The van der Waals surface area contributed by atoms with Gasteiger partial charge in [0.15, 0.2) is 11.6 Å². The highest BCUT2D eigenvalue weighted by atomic mass is 19.1. The van der Waals surface area contributed by atoms with E-state index in [0.717, 1.165) is 12.1 Å². The van der Waals surface area contributed by atoms with Gasteiger partial charge in [-0.3, -0.25) is 9.59 Å². The standard InChI is InChI=1S/C21H20F2O2/c1-21(2,12-18(24)19-16(22)4-3-5-17(19)23)20(25)15-10-8-14(9-11-15)13-6-7-13/h3-5,8-11,13H,6-7,12H2,1-2H3. The topological polar surface area (TPSA) is 34.1 Å². The van der Waals surface area contributed by atoms with Gasteiger partial charge in [-0.2, -0.15) is 0 Å². The van der Waals surface area contributed by atoms with Crippen LogP contribution in [0.1, 0.15) is 65.3 Å². The summed E-state index contributed by atoms with van der Waals surface area (Å²) in [5.74, 6) is -2.12. The van der Waals surface area contributed by atoms with Gasteiger partial charge in [0.2, 0.25) is 0 Å². The van der Waals surface area contributed by atoms with Gasteiger partial charge < -0.3 is 0 Å². The second-order valence-corrected chi connectivity index (χ2v) is 7.31. The van der Waals surface area contributed by atoms with E-state index in [2.05, 4.69) is 0 Å². The number of hydrogen-bond acceptors (Lipinski definition) is 2. The first-order valence-corrected chi connectivity index (χ1v) is 8.41. The van der Waals surface area contributed by atoms with E-state index in [9.17, 15) is 18.4 Å². The summed E-state index contributed by atoms with van der Waals surface area (Å²) in [6, 6.07) is 10.7. The van der Waals surface area contributed by atoms with Crippen LogP contribution in [0.3, 0.4) is 0 Å². The van der Waals surface area contributed by atoms with Gasteiger partial charge >= 0.3 is 0 Å². The molecule has 25 heavy (non-hydrogen) atoms. The molecule has 4 heteroatoms. The third-order valence-corrected chi connectivity index (χ3v) is 4.68. The Morgan fingerprint density at radius 2 is 1.56 bits per heavy atom. The predicted molar refractivity (Wildman–Crippen MR) is 91.8 cm³/mol. The van der Waals surface area contributed by atoms with Gasteiger partial charge in [-0.25, -0.2) is 8.78 Å². The van der Waals surface area contributed by atoms with Crippen molar-refractivity contribution in [3.8, 4) is 0 Å². The SMILES string of the molecule is CC(C)(CC(=O)c1c(F)cccc1F)C(=O)c1ccc(C2CC2)cc1. The van der Waals surface area contributed by atoms with E-state index in [1.807, 2.05) is 12.1 Å². The lowest BCUT2D eigenvalue weighted by molar-refractivity contribution is 0.0764. The summed E-state index contributed by atoms with van der Waals surface area (Å²) >= 11 is 0. The fourth-order valence-corrected chi connectivity index (χ4v) is 3.05. The van der Waals surface area contributed by atoms with Crippen LogP contribution in [0.5, 0.6) is 0 Å². The smallest absolute Gasteiger partial charge is 0.169 e. The minimum atomic E-state index is -1.05. The van der Waals surface area contributed by atoms with Gasteiger partial charge in [0, 0.05) is 17.4 Å². The minimum absolute atomic E-state index is 0.208. The molecule has 0 atom stereocenters. The zero-order valence-electron chi connectivity index (χ0n) is 14.3. The molecule has 1 saturated carbocycles. The van der Waals surface area contributed by atoms with Crippen molar-refractivity contribution in [2.24, 2.45) is 5.41 Å². The molecule has 0 aromatic heterocycles. The van der Waals surface area contributed by atoms with Crippen molar-refractivity contribution in [2.75, 3.05) is 0 Å². The van der Waals surface area contributed by atoms with Crippen LogP contribution in [0, 0.1) is 17.0 Å². The van der Waals surface area contributed by atoms with Crippen molar-refractivity contribution < 1.29 is 18.4 Å². The van der Waals surface area contributed by atoms with Crippen LogP contribution in [0.25, 0.3) is 0 Å². The number of carbonyl (C=O) groups is 2. The number of carbonyl (C=O) groups excluding carboxylic acids is 2. The molecule has 0 radical (unpaired) electrons. The molecule has 1 fully saturated rings. The molecular weight excluding hydrogens is 322 g/mol. The molecule has 2 aromatic carbocycles. The zero-order chi connectivity index (χ0) is 18.2. The first-order chi connectivity index (χ1) is 11.8. The molecule has 130 valence electrons. The molecule has 0 saturated heterocycles. The van der Waals surface area contributed by atoms with Crippen molar-refractivity contribution in [3.05, 3.63) is 70.8 Å². The van der Waals surface area contributed by atoms with E-state index in [1.54, 1.807) is 26.0 Å². The monoisotopic (exact) mass is 342 g/mol. The molecule has 0 amide bonds. The lowest BCUT2D eigenvalue weighted by Gasteiger charge is -2.22. The summed E-state index contributed by atoms with van der Waals surface area (Å²) in [7, 11) is 0. The van der Waals surface area contributed by atoms with Gasteiger partial charge in [-0.05, 0) is 36.5 Å². The fourth-order valence-electron chi connectivity index (χ4n) is 3.05. The lowest BCUT2D eigenvalue weighted by atomic mass is 9.78. The van der Waals surface area contributed by atoms with Crippen molar-refractivity contribution in [2.45, 2.75) is 39.0 Å². The molecule has 1 aliphatic rings. The molecular formula is C21H20F2O2. The Morgan fingerprint density at radius 3 is 2.08 bits per heavy atom. The first kappa shape index (κ1) is 17.5. The van der Waals surface area contributed by atoms with Crippen molar-refractivity contribution in [3.63, 3.8) is 0 Å². The maximum Gasteiger partial charge on any atom is 0.169 e. The first-order valence-electron chi connectivity index (χ1n) is 8.41. The zero-order valence-corrected chi connectivity index (χ0v) is 14.3. The number of Topliss-reactive ketones (excluding diaryl/α,β-unsaturated/α-hetero) is 2. The van der Waals surface area contributed by atoms with Crippen LogP contribution in [-0.4, -0.2) is 11.6 Å². The van der Waals surface area contributed by atoms with Crippen LogP contribution in [-0.2, 0) is 0 Å². The van der Waals surface area contributed by atoms with E-state index >= 15 is 0 Å². The molecule has 2 aromatic rings. The Kier molecular flexibility index (Phi) is 4.55. The average Bonchev–Trinajstić information content (AvgIpc) is 3.38. The average molecular weight is 342 g/mol. The Hall–Kier alpha value is -2.36. The molecule has 0 bridgehead atoms. The number of hydrogen-bond donors (Lipinski definition) is 0. The maximum atomic E-state index is 13.8. The lowest BCUT2D eigenvalue weighted by Crippen LogP contribution is -2.28. The Labute approximate surface area is 145 Å². The van der Waals surface area contributed by atoms with Crippen LogP contribution < -0.4 is 0 Å². The van der Waals surface area contributed by atoms with E-state index < -0.39 is 28.4 Å². The summed E-state index contributed by atoms with van der Waals surface area (Å²) in [6.07, 6.45) is 2.11. The molecule has 2 nitrogen and oxygen atoms in total. The number of benzene rings is 2. The molecule has 3 rings (SSSR count). The van der Waals surface area contributed by atoms with Gasteiger partial charge in [-0.15, -0.1) is 0 Å². The Morgan fingerprint density at radius 1 is 1.00 bits per heavy atom. The predicted octanol–water partition coefficient (Wildman–Crippen LogP) is 5.32. The van der Waals surface area contributed by atoms with Crippen LogP contribution in [0.2, 0.25) is 0 Å². The number of ketones is 2. The molecule has 0 spiro atoms. The third-order valence-electron chi connectivity index (χ3n) is 4.68. The van der Waals surface area contributed by atoms with Gasteiger partial charge in [-0.1, -0.05) is 44.2 Å². The molecule has 0 aliphatic heterocycles. The minimum Gasteiger partial charge on any atom is -0.294 e. The second kappa shape index (κ2) is 6.51. The summed E-state index contributed by atoms with van der Waals surface area (Å²) in [6.45, 7) is 3.25. The third kappa shape index (κ3) is 3.68. The molecule has 0 unspecified atom stereocenters. The van der Waals surface area contributed by atoms with E-state index in [-0.39, 0.29) is 12.2 Å². The van der Waals surface area contributed by atoms with Crippen molar-refractivity contribution >= 4 is 11.6 Å². The summed E-state index contributed by atoms with van der Waals surface area (Å²) in [5, 5.41) is 0. The number of rotatable bonds is 6. The second-order valence-electron chi connectivity index (χ2n) is 7.31. The van der Waals surface area contributed by atoms with Crippen LogP contribution >= 0.6 is 0 Å². The Bertz CT molecular complexity index is 798. The number of halogens is 2. The van der Waals surface area contributed by atoms with Crippen LogP contribution in [0.4, 0.5) is 8.78 Å². The van der Waals surface area contributed by atoms with E-state index in [0.29, 0.717) is 11.5 Å². The normalized spacial score (nSPS) is 14.4.